The summed E-state index contributed by atoms with van der Waals surface area (Å²) in [6.07, 6.45) is 1.68. The highest BCUT2D eigenvalue weighted by molar-refractivity contribution is 6.36. The Hall–Kier alpha value is -2.26. The van der Waals surface area contributed by atoms with E-state index in [1.54, 1.807) is 18.3 Å². The molecule has 0 amide bonds. The summed E-state index contributed by atoms with van der Waals surface area (Å²) in [6.45, 7) is 1.89. The number of anilines is 1. The minimum absolute atomic E-state index is 0.0975. The van der Waals surface area contributed by atoms with Crippen LogP contribution in [0.15, 0.2) is 42.6 Å². The number of para-hydroxylation sites is 2. The maximum atomic E-state index is 12.7. The SMILES string of the molecule is Cc1cccc(C(=O)c2c[nH]c3c(Cl)cccc23)c1N. The zero-order valence-electron chi connectivity index (χ0n) is 10.9. The van der Waals surface area contributed by atoms with E-state index in [9.17, 15) is 4.79 Å². The number of benzene rings is 2. The standard InChI is InChI=1S/C16H13ClN2O/c1-9-4-2-6-11(14(9)18)16(20)12-8-19-15-10(12)5-3-7-13(15)17/h2-8,19H,18H2,1H3. The molecule has 3 aromatic rings. The van der Waals surface area contributed by atoms with Crippen molar-refractivity contribution < 1.29 is 4.79 Å². The second kappa shape index (κ2) is 4.69. The normalized spacial score (nSPS) is 10.9. The molecule has 0 aliphatic rings. The van der Waals surface area contributed by atoms with Gasteiger partial charge < -0.3 is 10.7 Å². The van der Waals surface area contributed by atoms with Crippen LogP contribution < -0.4 is 5.73 Å². The van der Waals surface area contributed by atoms with Crippen LogP contribution in [0.25, 0.3) is 10.9 Å². The summed E-state index contributed by atoms with van der Waals surface area (Å²) in [5, 5.41) is 1.40. The predicted molar refractivity (Wildman–Crippen MR) is 82.3 cm³/mol. The molecule has 0 saturated carbocycles. The van der Waals surface area contributed by atoms with E-state index in [1.165, 1.54) is 0 Å². The third-order valence-electron chi connectivity index (χ3n) is 3.48. The smallest absolute Gasteiger partial charge is 0.197 e. The van der Waals surface area contributed by atoms with Gasteiger partial charge in [0.1, 0.15) is 0 Å². The first kappa shape index (κ1) is 12.8. The average molecular weight is 285 g/mol. The second-order valence-corrected chi connectivity index (χ2v) is 5.14. The van der Waals surface area contributed by atoms with E-state index in [1.807, 2.05) is 31.2 Å². The van der Waals surface area contributed by atoms with Crippen LogP contribution in [0.3, 0.4) is 0 Å². The number of aromatic amines is 1. The summed E-state index contributed by atoms with van der Waals surface area (Å²) in [5.74, 6) is -0.0975. The number of carbonyl (C=O) groups is 1. The number of nitrogen functional groups attached to an aromatic ring is 1. The summed E-state index contributed by atoms with van der Waals surface area (Å²) in [7, 11) is 0. The Morgan fingerprint density at radius 2 is 1.90 bits per heavy atom. The van der Waals surface area contributed by atoms with E-state index in [0.29, 0.717) is 21.8 Å². The number of H-pyrrole nitrogens is 1. The van der Waals surface area contributed by atoms with E-state index in [2.05, 4.69) is 4.98 Å². The lowest BCUT2D eigenvalue weighted by molar-refractivity contribution is 0.104. The van der Waals surface area contributed by atoms with Crippen molar-refractivity contribution in [3.8, 4) is 0 Å². The van der Waals surface area contributed by atoms with Crippen LogP contribution in [0.2, 0.25) is 5.02 Å². The Kier molecular flexibility index (Phi) is 2.99. The number of aryl methyl sites for hydroxylation is 1. The van der Waals surface area contributed by atoms with Crippen LogP contribution >= 0.6 is 11.6 Å². The molecule has 0 bridgehead atoms. The van der Waals surface area contributed by atoms with Gasteiger partial charge in [-0.3, -0.25) is 4.79 Å². The Morgan fingerprint density at radius 3 is 2.70 bits per heavy atom. The first-order chi connectivity index (χ1) is 9.59. The summed E-state index contributed by atoms with van der Waals surface area (Å²) in [4.78, 5) is 15.7. The van der Waals surface area contributed by atoms with E-state index in [4.69, 9.17) is 17.3 Å². The molecule has 0 aliphatic heterocycles. The maximum absolute atomic E-state index is 12.7. The van der Waals surface area contributed by atoms with Gasteiger partial charge in [-0.05, 0) is 24.6 Å². The van der Waals surface area contributed by atoms with Crippen molar-refractivity contribution in [3.05, 3.63) is 64.3 Å². The van der Waals surface area contributed by atoms with Crippen LogP contribution in [-0.2, 0) is 0 Å². The molecule has 2 aromatic carbocycles. The van der Waals surface area contributed by atoms with Crippen LogP contribution in [-0.4, -0.2) is 10.8 Å². The van der Waals surface area contributed by atoms with E-state index in [-0.39, 0.29) is 5.78 Å². The zero-order chi connectivity index (χ0) is 14.3. The molecule has 0 unspecified atom stereocenters. The lowest BCUT2D eigenvalue weighted by Crippen LogP contribution is -2.06. The second-order valence-electron chi connectivity index (χ2n) is 4.73. The fourth-order valence-electron chi connectivity index (χ4n) is 2.33. The third-order valence-corrected chi connectivity index (χ3v) is 3.79. The van der Waals surface area contributed by atoms with Crippen LogP contribution in [0.4, 0.5) is 5.69 Å². The van der Waals surface area contributed by atoms with Gasteiger partial charge in [-0.1, -0.05) is 35.9 Å². The van der Waals surface area contributed by atoms with Crippen LogP contribution in [0.1, 0.15) is 21.5 Å². The minimum atomic E-state index is -0.0975. The molecule has 0 saturated heterocycles. The first-order valence-corrected chi connectivity index (χ1v) is 6.63. The molecule has 0 fully saturated rings. The third kappa shape index (κ3) is 1.87. The van der Waals surface area contributed by atoms with E-state index < -0.39 is 0 Å². The molecule has 3 nitrogen and oxygen atoms in total. The fourth-order valence-corrected chi connectivity index (χ4v) is 2.56. The molecular formula is C16H13ClN2O. The molecule has 4 heteroatoms. The van der Waals surface area contributed by atoms with Gasteiger partial charge >= 0.3 is 0 Å². The highest BCUT2D eigenvalue weighted by Crippen LogP contribution is 2.28. The van der Waals surface area contributed by atoms with Gasteiger partial charge in [-0.2, -0.15) is 0 Å². The first-order valence-electron chi connectivity index (χ1n) is 6.25. The monoisotopic (exact) mass is 284 g/mol. The number of nitrogens with one attached hydrogen (secondary N) is 1. The number of carbonyl (C=O) groups excluding carboxylic acids is 1. The van der Waals surface area contributed by atoms with Crippen molar-refractivity contribution >= 4 is 34.0 Å². The Labute approximate surface area is 121 Å². The number of halogens is 1. The molecule has 100 valence electrons. The van der Waals surface area contributed by atoms with Crippen molar-refractivity contribution in [2.45, 2.75) is 6.92 Å². The van der Waals surface area contributed by atoms with Gasteiger partial charge in [0.05, 0.1) is 10.5 Å². The number of rotatable bonds is 2. The van der Waals surface area contributed by atoms with Gasteiger partial charge in [0, 0.05) is 28.4 Å². The van der Waals surface area contributed by atoms with Crippen LogP contribution in [0.5, 0.6) is 0 Å². The van der Waals surface area contributed by atoms with E-state index in [0.717, 1.165) is 16.5 Å². The average Bonchev–Trinajstić information content (AvgIpc) is 2.86. The summed E-state index contributed by atoms with van der Waals surface area (Å²) in [6, 6.07) is 11.0. The molecule has 20 heavy (non-hydrogen) atoms. The number of hydrogen-bond acceptors (Lipinski definition) is 2. The quantitative estimate of drug-likeness (QED) is 0.553. The predicted octanol–water partition coefficient (Wildman–Crippen LogP) is 3.94. The van der Waals surface area contributed by atoms with Gasteiger partial charge in [0.25, 0.3) is 0 Å². The van der Waals surface area contributed by atoms with Crippen molar-refractivity contribution in [1.82, 2.24) is 4.98 Å². The lowest BCUT2D eigenvalue weighted by Gasteiger charge is -2.06. The molecule has 0 radical (unpaired) electrons. The zero-order valence-corrected chi connectivity index (χ0v) is 11.7. The lowest BCUT2D eigenvalue weighted by atomic mass is 9.99. The number of aromatic nitrogens is 1. The number of nitrogens with two attached hydrogens (primary N) is 1. The van der Waals surface area contributed by atoms with Gasteiger partial charge in [0.2, 0.25) is 0 Å². The molecule has 3 N–H and O–H groups in total. The van der Waals surface area contributed by atoms with Crippen molar-refractivity contribution in [3.63, 3.8) is 0 Å². The highest BCUT2D eigenvalue weighted by Gasteiger charge is 2.17. The Morgan fingerprint density at radius 1 is 1.15 bits per heavy atom. The molecule has 1 aromatic heterocycles. The molecule has 0 spiro atoms. The number of ketones is 1. The van der Waals surface area contributed by atoms with Crippen molar-refractivity contribution in [2.75, 3.05) is 5.73 Å². The molecule has 1 heterocycles. The molecule has 0 atom stereocenters. The fraction of sp³-hybridized carbons (Fsp3) is 0.0625. The number of hydrogen-bond donors (Lipinski definition) is 2. The largest absolute Gasteiger partial charge is 0.398 e. The molecule has 0 aliphatic carbocycles. The van der Waals surface area contributed by atoms with E-state index >= 15 is 0 Å². The molecular weight excluding hydrogens is 272 g/mol. The highest BCUT2D eigenvalue weighted by atomic mass is 35.5. The summed E-state index contributed by atoms with van der Waals surface area (Å²) >= 11 is 6.11. The Balaban J connectivity index is 2.18. The maximum Gasteiger partial charge on any atom is 0.197 e. The minimum Gasteiger partial charge on any atom is -0.398 e. The topological polar surface area (TPSA) is 58.9 Å². The van der Waals surface area contributed by atoms with Crippen LogP contribution in [0, 0.1) is 6.92 Å². The van der Waals surface area contributed by atoms with Crippen molar-refractivity contribution in [1.29, 1.82) is 0 Å². The van der Waals surface area contributed by atoms with Gasteiger partial charge in [-0.15, -0.1) is 0 Å². The van der Waals surface area contributed by atoms with Gasteiger partial charge in [-0.25, -0.2) is 0 Å². The Bertz CT molecular complexity index is 820. The molecule has 3 rings (SSSR count). The van der Waals surface area contributed by atoms with Gasteiger partial charge in [0.15, 0.2) is 5.78 Å². The number of fused-ring (bicyclic) bond motifs is 1. The van der Waals surface area contributed by atoms with Crippen molar-refractivity contribution in [2.24, 2.45) is 0 Å². The summed E-state index contributed by atoms with van der Waals surface area (Å²) in [5.41, 5.74) is 9.30. The summed E-state index contributed by atoms with van der Waals surface area (Å²) < 4.78 is 0.